The van der Waals surface area contributed by atoms with E-state index in [9.17, 15) is 9.59 Å². The fourth-order valence-electron chi connectivity index (χ4n) is 2.37. The van der Waals surface area contributed by atoms with Crippen LogP contribution in [0.5, 0.6) is 0 Å². The number of allylic oxidation sites excluding steroid dienone is 2. The highest BCUT2D eigenvalue weighted by Gasteiger charge is 2.13. The summed E-state index contributed by atoms with van der Waals surface area (Å²) in [6, 6.07) is 7.57. The first kappa shape index (κ1) is 16.3. The Kier molecular flexibility index (Phi) is 5.75. The molecule has 0 heterocycles. The molecule has 0 radical (unpaired) electrons. The fourth-order valence-corrected chi connectivity index (χ4v) is 2.37. The largest absolute Gasteiger partial charge is 0.352 e. The lowest BCUT2D eigenvalue weighted by Crippen LogP contribution is -2.24. The summed E-state index contributed by atoms with van der Waals surface area (Å²) in [5.74, 6) is 0.455. The Morgan fingerprint density at radius 3 is 2.55 bits per heavy atom. The minimum absolute atomic E-state index is 0.00525. The molecular weight excluding hydrogens is 276 g/mol. The summed E-state index contributed by atoms with van der Waals surface area (Å²) < 4.78 is 0. The fraction of sp³-hybridized carbons (Fsp3) is 0.444. The third-order valence-corrected chi connectivity index (χ3v) is 3.80. The number of amides is 2. The van der Waals surface area contributed by atoms with Crippen molar-refractivity contribution in [3.05, 3.63) is 42.0 Å². The van der Waals surface area contributed by atoms with Crippen LogP contribution in [-0.4, -0.2) is 11.8 Å². The molecule has 0 spiro atoms. The molecule has 118 valence electrons. The molecule has 1 aliphatic carbocycles. The summed E-state index contributed by atoms with van der Waals surface area (Å²) in [5.41, 5.74) is 1.81. The standard InChI is InChI=1S/C18H24N2O2/c1-13(2)18(22)20-16-9-7-15(8-10-16)12-19-17(21)11-14-5-3-4-6-14/h3,5,7-10,13-14H,4,6,11-12H2,1-2H3,(H,19,21)(H,20,22). The van der Waals surface area contributed by atoms with Crippen molar-refractivity contribution in [2.45, 2.75) is 39.7 Å². The molecule has 1 aromatic carbocycles. The van der Waals surface area contributed by atoms with Gasteiger partial charge in [0.05, 0.1) is 0 Å². The Balaban J connectivity index is 1.77. The number of benzene rings is 1. The number of carbonyl (C=O) groups is 2. The van der Waals surface area contributed by atoms with Crippen molar-refractivity contribution in [1.82, 2.24) is 5.32 Å². The Morgan fingerprint density at radius 1 is 1.23 bits per heavy atom. The van der Waals surface area contributed by atoms with Crippen LogP contribution >= 0.6 is 0 Å². The van der Waals surface area contributed by atoms with Gasteiger partial charge >= 0.3 is 0 Å². The summed E-state index contributed by atoms with van der Waals surface area (Å²) in [4.78, 5) is 23.5. The van der Waals surface area contributed by atoms with Crippen LogP contribution in [0.1, 0.15) is 38.7 Å². The van der Waals surface area contributed by atoms with Gasteiger partial charge in [-0.2, -0.15) is 0 Å². The van der Waals surface area contributed by atoms with Crippen LogP contribution in [-0.2, 0) is 16.1 Å². The molecule has 4 nitrogen and oxygen atoms in total. The van der Waals surface area contributed by atoms with E-state index in [-0.39, 0.29) is 17.7 Å². The van der Waals surface area contributed by atoms with Crippen LogP contribution in [0, 0.1) is 11.8 Å². The SMILES string of the molecule is CC(C)C(=O)Nc1ccc(CNC(=O)CC2C=CCC2)cc1. The van der Waals surface area contributed by atoms with Gasteiger partial charge in [-0.25, -0.2) is 0 Å². The van der Waals surface area contributed by atoms with Gasteiger partial charge in [0.25, 0.3) is 0 Å². The number of hydrogen-bond acceptors (Lipinski definition) is 2. The topological polar surface area (TPSA) is 58.2 Å². The molecule has 0 aliphatic heterocycles. The molecule has 2 rings (SSSR count). The van der Waals surface area contributed by atoms with Crippen molar-refractivity contribution in [1.29, 1.82) is 0 Å². The molecule has 2 amide bonds. The van der Waals surface area contributed by atoms with Gasteiger partial charge in [0.2, 0.25) is 11.8 Å². The normalized spacial score (nSPS) is 16.8. The summed E-state index contributed by atoms with van der Waals surface area (Å²) in [6.07, 6.45) is 7.01. The van der Waals surface area contributed by atoms with Crippen LogP contribution in [0.15, 0.2) is 36.4 Å². The van der Waals surface area contributed by atoms with Crippen molar-refractivity contribution in [2.24, 2.45) is 11.8 Å². The molecule has 0 saturated carbocycles. The van der Waals surface area contributed by atoms with Gasteiger partial charge in [-0.1, -0.05) is 38.1 Å². The van der Waals surface area contributed by atoms with Crippen molar-refractivity contribution in [3.8, 4) is 0 Å². The number of anilines is 1. The number of carbonyl (C=O) groups excluding carboxylic acids is 2. The van der Waals surface area contributed by atoms with Crippen molar-refractivity contribution < 1.29 is 9.59 Å². The molecule has 0 fully saturated rings. The second-order valence-corrected chi connectivity index (χ2v) is 6.09. The Bertz CT molecular complexity index is 547. The zero-order valence-corrected chi connectivity index (χ0v) is 13.3. The van der Waals surface area contributed by atoms with E-state index in [4.69, 9.17) is 0 Å². The highest BCUT2D eigenvalue weighted by molar-refractivity contribution is 5.92. The molecule has 4 heteroatoms. The van der Waals surface area contributed by atoms with Crippen LogP contribution in [0.3, 0.4) is 0 Å². The van der Waals surface area contributed by atoms with E-state index in [1.165, 1.54) is 0 Å². The highest BCUT2D eigenvalue weighted by atomic mass is 16.2. The van der Waals surface area contributed by atoms with Crippen molar-refractivity contribution >= 4 is 17.5 Å². The smallest absolute Gasteiger partial charge is 0.226 e. The predicted molar refractivity (Wildman–Crippen MR) is 88.2 cm³/mol. The number of nitrogens with one attached hydrogen (secondary N) is 2. The molecule has 2 N–H and O–H groups in total. The summed E-state index contributed by atoms with van der Waals surface area (Å²) in [5, 5.41) is 5.79. The van der Waals surface area contributed by atoms with Crippen LogP contribution in [0.25, 0.3) is 0 Å². The average molecular weight is 300 g/mol. The van der Waals surface area contributed by atoms with E-state index in [2.05, 4.69) is 22.8 Å². The molecule has 22 heavy (non-hydrogen) atoms. The molecular formula is C18H24N2O2. The lowest BCUT2D eigenvalue weighted by atomic mass is 10.1. The maximum Gasteiger partial charge on any atom is 0.226 e. The van der Waals surface area contributed by atoms with E-state index in [1.54, 1.807) is 0 Å². The zero-order valence-electron chi connectivity index (χ0n) is 13.3. The van der Waals surface area contributed by atoms with Gasteiger partial charge in [0.1, 0.15) is 0 Å². The van der Waals surface area contributed by atoms with Gasteiger partial charge in [-0.3, -0.25) is 9.59 Å². The predicted octanol–water partition coefficient (Wildman–Crippen LogP) is 3.25. The quantitative estimate of drug-likeness (QED) is 0.792. The Hall–Kier alpha value is -2.10. The third kappa shape index (κ3) is 5.02. The van der Waals surface area contributed by atoms with Crippen LogP contribution < -0.4 is 10.6 Å². The monoisotopic (exact) mass is 300 g/mol. The first-order chi connectivity index (χ1) is 10.5. The molecule has 1 atom stereocenters. The zero-order chi connectivity index (χ0) is 15.9. The highest BCUT2D eigenvalue weighted by Crippen LogP contribution is 2.20. The van der Waals surface area contributed by atoms with E-state index in [0.29, 0.717) is 18.9 Å². The number of hydrogen-bond donors (Lipinski definition) is 2. The average Bonchev–Trinajstić information content (AvgIpc) is 2.99. The van der Waals surface area contributed by atoms with Crippen molar-refractivity contribution in [2.75, 3.05) is 5.32 Å². The molecule has 1 aliphatic rings. The van der Waals surface area contributed by atoms with E-state index in [1.807, 2.05) is 38.1 Å². The summed E-state index contributed by atoms with van der Waals surface area (Å²) in [7, 11) is 0. The Morgan fingerprint density at radius 2 is 1.95 bits per heavy atom. The van der Waals surface area contributed by atoms with E-state index < -0.39 is 0 Å². The first-order valence-electron chi connectivity index (χ1n) is 7.88. The second-order valence-electron chi connectivity index (χ2n) is 6.09. The molecule has 1 unspecified atom stereocenters. The maximum absolute atomic E-state index is 11.9. The molecule has 0 saturated heterocycles. The van der Waals surface area contributed by atoms with Gasteiger partial charge < -0.3 is 10.6 Å². The lowest BCUT2D eigenvalue weighted by molar-refractivity contribution is -0.122. The van der Waals surface area contributed by atoms with E-state index in [0.717, 1.165) is 24.1 Å². The maximum atomic E-state index is 11.9. The lowest BCUT2D eigenvalue weighted by Gasteiger charge is -2.10. The van der Waals surface area contributed by atoms with E-state index >= 15 is 0 Å². The number of rotatable bonds is 6. The minimum Gasteiger partial charge on any atom is -0.352 e. The Labute approximate surface area is 132 Å². The first-order valence-corrected chi connectivity index (χ1v) is 7.88. The van der Waals surface area contributed by atoms with Crippen molar-refractivity contribution in [3.63, 3.8) is 0 Å². The van der Waals surface area contributed by atoms with Gasteiger partial charge in [0, 0.05) is 24.6 Å². The van der Waals surface area contributed by atoms with Gasteiger partial charge in [-0.15, -0.1) is 0 Å². The van der Waals surface area contributed by atoms with Gasteiger partial charge in [-0.05, 0) is 36.5 Å². The summed E-state index contributed by atoms with van der Waals surface area (Å²) in [6.45, 7) is 4.24. The summed E-state index contributed by atoms with van der Waals surface area (Å²) >= 11 is 0. The van der Waals surface area contributed by atoms with Crippen LogP contribution in [0.4, 0.5) is 5.69 Å². The third-order valence-electron chi connectivity index (χ3n) is 3.80. The molecule has 0 bridgehead atoms. The van der Waals surface area contributed by atoms with Gasteiger partial charge in [0.15, 0.2) is 0 Å². The minimum atomic E-state index is -0.0383. The molecule has 1 aromatic rings. The van der Waals surface area contributed by atoms with Crippen LogP contribution in [0.2, 0.25) is 0 Å². The second kappa shape index (κ2) is 7.78. The molecule has 0 aromatic heterocycles.